The molecule has 0 aliphatic heterocycles. The molecule has 0 amide bonds. The van der Waals surface area contributed by atoms with E-state index in [4.69, 9.17) is 5.73 Å². The summed E-state index contributed by atoms with van der Waals surface area (Å²) in [4.78, 5) is 0. The van der Waals surface area contributed by atoms with Crippen molar-refractivity contribution in [1.29, 1.82) is 0 Å². The van der Waals surface area contributed by atoms with Crippen molar-refractivity contribution in [1.82, 2.24) is 14.8 Å². The first kappa shape index (κ1) is 11.2. The van der Waals surface area contributed by atoms with Crippen LogP contribution in [0.5, 0.6) is 0 Å². The first-order valence-corrected chi connectivity index (χ1v) is 6.99. The molecule has 2 N–H and O–H groups in total. The van der Waals surface area contributed by atoms with Gasteiger partial charge in [-0.25, -0.2) is 0 Å². The summed E-state index contributed by atoms with van der Waals surface area (Å²) in [5, 5.41) is 8.52. The standard InChI is InChI=1S/C13H22N4/c14-11-7-5-10(6-8-11)13-16-15-9-17(13)12-3-1-2-4-12/h9-12H,1-8,14H2. The van der Waals surface area contributed by atoms with Crippen LogP contribution in [-0.2, 0) is 0 Å². The highest BCUT2D eigenvalue weighted by atomic mass is 15.3. The second-order valence-electron chi connectivity index (χ2n) is 5.65. The highest BCUT2D eigenvalue weighted by Crippen LogP contribution is 2.35. The van der Waals surface area contributed by atoms with Crippen LogP contribution in [0.3, 0.4) is 0 Å². The fourth-order valence-corrected chi connectivity index (χ4v) is 3.39. The van der Waals surface area contributed by atoms with Crippen LogP contribution >= 0.6 is 0 Å². The van der Waals surface area contributed by atoms with Gasteiger partial charge < -0.3 is 10.3 Å². The quantitative estimate of drug-likeness (QED) is 0.854. The molecule has 4 heteroatoms. The summed E-state index contributed by atoms with van der Waals surface area (Å²) >= 11 is 0. The molecule has 3 rings (SSSR count). The van der Waals surface area contributed by atoms with Gasteiger partial charge >= 0.3 is 0 Å². The number of nitrogens with zero attached hydrogens (tertiary/aromatic N) is 3. The number of hydrogen-bond donors (Lipinski definition) is 1. The molecule has 0 atom stereocenters. The van der Waals surface area contributed by atoms with E-state index in [2.05, 4.69) is 14.8 Å². The zero-order valence-corrected chi connectivity index (χ0v) is 10.4. The molecule has 2 fully saturated rings. The molecule has 4 nitrogen and oxygen atoms in total. The molecule has 2 aliphatic rings. The van der Waals surface area contributed by atoms with E-state index in [1.807, 2.05) is 6.33 Å². The van der Waals surface area contributed by atoms with E-state index in [9.17, 15) is 0 Å². The summed E-state index contributed by atoms with van der Waals surface area (Å²) in [5.74, 6) is 1.82. The third-order valence-corrected chi connectivity index (χ3v) is 4.46. The van der Waals surface area contributed by atoms with E-state index in [0.717, 1.165) is 12.8 Å². The summed E-state index contributed by atoms with van der Waals surface area (Å²) in [7, 11) is 0. The van der Waals surface area contributed by atoms with E-state index in [1.165, 1.54) is 44.3 Å². The normalized spacial score (nSPS) is 30.9. The molecule has 0 bridgehead atoms. The topological polar surface area (TPSA) is 56.7 Å². The lowest BCUT2D eigenvalue weighted by atomic mass is 9.86. The van der Waals surface area contributed by atoms with Crippen LogP contribution in [0.1, 0.15) is 69.2 Å². The number of nitrogens with two attached hydrogens (primary N) is 1. The summed E-state index contributed by atoms with van der Waals surface area (Å²) in [6.45, 7) is 0. The molecule has 0 saturated heterocycles. The summed E-state index contributed by atoms with van der Waals surface area (Å²) in [6, 6.07) is 1.07. The Labute approximate surface area is 103 Å². The van der Waals surface area contributed by atoms with Gasteiger partial charge in [-0.2, -0.15) is 0 Å². The van der Waals surface area contributed by atoms with Crippen molar-refractivity contribution >= 4 is 0 Å². The fraction of sp³-hybridized carbons (Fsp3) is 0.846. The molecule has 2 saturated carbocycles. The van der Waals surface area contributed by atoms with Gasteiger partial charge in [-0.15, -0.1) is 10.2 Å². The molecule has 0 unspecified atom stereocenters. The van der Waals surface area contributed by atoms with Crippen LogP contribution in [0.2, 0.25) is 0 Å². The maximum Gasteiger partial charge on any atom is 0.136 e. The number of aromatic nitrogens is 3. The molecular formula is C13H22N4. The van der Waals surface area contributed by atoms with E-state index in [-0.39, 0.29) is 0 Å². The molecule has 0 aromatic carbocycles. The van der Waals surface area contributed by atoms with Crippen molar-refractivity contribution in [3.8, 4) is 0 Å². The Morgan fingerprint density at radius 2 is 1.76 bits per heavy atom. The van der Waals surface area contributed by atoms with Gasteiger partial charge in [-0.1, -0.05) is 12.8 Å². The Morgan fingerprint density at radius 1 is 1.06 bits per heavy atom. The Hall–Kier alpha value is -0.900. The summed E-state index contributed by atoms with van der Waals surface area (Å²) < 4.78 is 2.36. The van der Waals surface area contributed by atoms with Crippen molar-refractivity contribution in [2.24, 2.45) is 5.73 Å². The van der Waals surface area contributed by atoms with Crippen molar-refractivity contribution in [3.63, 3.8) is 0 Å². The van der Waals surface area contributed by atoms with Crippen LogP contribution in [0.4, 0.5) is 0 Å². The van der Waals surface area contributed by atoms with Gasteiger partial charge in [0, 0.05) is 18.0 Å². The van der Waals surface area contributed by atoms with Gasteiger partial charge in [0.05, 0.1) is 0 Å². The molecule has 0 radical (unpaired) electrons. The van der Waals surface area contributed by atoms with Gasteiger partial charge in [0.15, 0.2) is 0 Å². The minimum Gasteiger partial charge on any atom is -0.328 e. The second kappa shape index (κ2) is 4.77. The van der Waals surface area contributed by atoms with Gasteiger partial charge in [0.25, 0.3) is 0 Å². The van der Waals surface area contributed by atoms with Gasteiger partial charge in [-0.05, 0) is 38.5 Å². The first-order valence-electron chi connectivity index (χ1n) is 6.99. The van der Waals surface area contributed by atoms with E-state index in [0.29, 0.717) is 18.0 Å². The van der Waals surface area contributed by atoms with Crippen LogP contribution in [0.25, 0.3) is 0 Å². The Balaban J connectivity index is 1.76. The third kappa shape index (κ3) is 2.23. The predicted molar refractivity (Wildman–Crippen MR) is 66.7 cm³/mol. The molecular weight excluding hydrogens is 212 g/mol. The maximum absolute atomic E-state index is 5.97. The molecule has 0 spiro atoms. The second-order valence-corrected chi connectivity index (χ2v) is 5.65. The Kier molecular flexibility index (Phi) is 3.14. The molecule has 2 aliphatic carbocycles. The summed E-state index contributed by atoms with van der Waals surface area (Å²) in [6.07, 6.45) is 11.9. The number of rotatable bonds is 2. The molecule has 1 aromatic heterocycles. The van der Waals surface area contributed by atoms with E-state index < -0.39 is 0 Å². The monoisotopic (exact) mass is 234 g/mol. The Bertz CT molecular complexity index is 359. The van der Waals surface area contributed by atoms with Crippen LogP contribution < -0.4 is 5.73 Å². The first-order chi connectivity index (χ1) is 8.34. The van der Waals surface area contributed by atoms with E-state index in [1.54, 1.807) is 0 Å². The highest BCUT2D eigenvalue weighted by molar-refractivity contribution is 5.01. The largest absolute Gasteiger partial charge is 0.328 e. The Morgan fingerprint density at radius 3 is 2.47 bits per heavy atom. The van der Waals surface area contributed by atoms with Crippen LogP contribution in [-0.4, -0.2) is 20.8 Å². The third-order valence-electron chi connectivity index (χ3n) is 4.46. The van der Waals surface area contributed by atoms with Crippen molar-refractivity contribution < 1.29 is 0 Å². The SMILES string of the molecule is NC1CCC(c2nncn2C2CCCC2)CC1. The zero-order chi connectivity index (χ0) is 11.7. The van der Waals surface area contributed by atoms with Crippen molar-refractivity contribution in [2.45, 2.75) is 69.4 Å². The maximum atomic E-state index is 5.97. The van der Waals surface area contributed by atoms with Crippen molar-refractivity contribution in [3.05, 3.63) is 12.2 Å². The minimum absolute atomic E-state index is 0.411. The molecule has 94 valence electrons. The van der Waals surface area contributed by atoms with Gasteiger partial charge in [0.2, 0.25) is 0 Å². The average molecular weight is 234 g/mol. The minimum atomic E-state index is 0.411. The lowest BCUT2D eigenvalue weighted by Crippen LogP contribution is -2.27. The average Bonchev–Trinajstić information content (AvgIpc) is 3.00. The van der Waals surface area contributed by atoms with Crippen LogP contribution in [0.15, 0.2) is 6.33 Å². The van der Waals surface area contributed by atoms with Crippen molar-refractivity contribution in [2.75, 3.05) is 0 Å². The lowest BCUT2D eigenvalue weighted by Gasteiger charge is -2.26. The fourth-order valence-electron chi connectivity index (χ4n) is 3.39. The zero-order valence-electron chi connectivity index (χ0n) is 10.4. The smallest absolute Gasteiger partial charge is 0.136 e. The lowest BCUT2D eigenvalue weighted by molar-refractivity contribution is 0.364. The highest BCUT2D eigenvalue weighted by Gasteiger charge is 2.27. The molecule has 17 heavy (non-hydrogen) atoms. The summed E-state index contributed by atoms with van der Waals surface area (Å²) in [5.41, 5.74) is 5.97. The van der Waals surface area contributed by atoms with E-state index >= 15 is 0 Å². The van der Waals surface area contributed by atoms with Gasteiger partial charge in [0.1, 0.15) is 12.2 Å². The molecule has 1 aromatic rings. The van der Waals surface area contributed by atoms with Gasteiger partial charge in [-0.3, -0.25) is 0 Å². The van der Waals surface area contributed by atoms with Crippen LogP contribution in [0, 0.1) is 0 Å². The predicted octanol–water partition coefficient (Wildman–Crippen LogP) is 2.38. The number of hydrogen-bond acceptors (Lipinski definition) is 3. The molecule has 1 heterocycles.